The van der Waals surface area contributed by atoms with Crippen LogP contribution in [-0.2, 0) is 4.79 Å². The minimum Gasteiger partial charge on any atom is -0.481 e. The van der Waals surface area contributed by atoms with Crippen LogP contribution in [0, 0.1) is 0 Å². The molecule has 0 saturated carbocycles. The molecule has 0 radical (unpaired) electrons. The minimum atomic E-state index is -0.831. The van der Waals surface area contributed by atoms with Crippen molar-refractivity contribution in [3.63, 3.8) is 0 Å². The molecule has 0 aliphatic carbocycles. The quantitative estimate of drug-likeness (QED) is 0.806. The molecule has 0 saturated heterocycles. The third-order valence-corrected chi connectivity index (χ3v) is 2.18. The molecule has 0 aliphatic rings. The number of carboxylic acids is 1. The van der Waals surface area contributed by atoms with Gasteiger partial charge in [-0.2, -0.15) is 0 Å². The van der Waals surface area contributed by atoms with E-state index >= 15 is 0 Å². The standard InChI is InChI=1S/C10H12ClNO2/c11-8-3-1-2-7(6-8)9(12)4-5-10(13)14/h1-3,6,9H,4-5,12H2,(H,13,14). The Morgan fingerprint density at radius 2 is 2.29 bits per heavy atom. The first-order valence-corrected chi connectivity index (χ1v) is 4.70. The number of carbonyl (C=O) groups is 1. The van der Waals surface area contributed by atoms with Crippen molar-refractivity contribution < 1.29 is 9.90 Å². The molecule has 0 amide bonds. The zero-order chi connectivity index (χ0) is 10.6. The highest BCUT2D eigenvalue weighted by molar-refractivity contribution is 6.30. The first-order valence-electron chi connectivity index (χ1n) is 4.32. The van der Waals surface area contributed by atoms with Gasteiger partial charge in [-0.1, -0.05) is 23.7 Å². The molecule has 0 aromatic heterocycles. The summed E-state index contributed by atoms with van der Waals surface area (Å²) in [6, 6.07) is 6.91. The van der Waals surface area contributed by atoms with E-state index in [9.17, 15) is 4.79 Å². The van der Waals surface area contributed by atoms with Crippen molar-refractivity contribution in [2.24, 2.45) is 5.73 Å². The lowest BCUT2D eigenvalue weighted by Gasteiger charge is -2.10. The molecule has 1 aromatic rings. The Labute approximate surface area is 87.5 Å². The van der Waals surface area contributed by atoms with Crippen molar-refractivity contribution in [3.05, 3.63) is 34.9 Å². The Morgan fingerprint density at radius 1 is 1.57 bits per heavy atom. The average molecular weight is 214 g/mol. The maximum Gasteiger partial charge on any atom is 0.303 e. The molecule has 3 nitrogen and oxygen atoms in total. The predicted octanol–water partition coefficient (Wildman–Crippen LogP) is 2.20. The minimum absolute atomic E-state index is 0.0771. The lowest BCUT2D eigenvalue weighted by atomic mass is 10.0. The van der Waals surface area contributed by atoms with E-state index in [0.29, 0.717) is 11.4 Å². The normalized spacial score (nSPS) is 12.4. The van der Waals surface area contributed by atoms with E-state index in [1.54, 1.807) is 18.2 Å². The fourth-order valence-corrected chi connectivity index (χ4v) is 1.38. The number of hydrogen-bond acceptors (Lipinski definition) is 2. The van der Waals surface area contributed by atoms with Crippen LogP contribution >= 0.6 is 11.6 Å². The van der Waals surface area contributed by atoms with Crippen molar-refractivity contribution in [2.75, 3.05) is 0 Å². The molecule has 76 valence electrons. The van der Waals surface area contributed by atoms with Crippen LogP contribution in [0.5, 0.6) is 0 Å². The zero-order valence-electron chi connectivity index (χ0n) is 7.61. The molecule has 1 atom stereocenters. The predicted molar refractivity (Wildman–Crippen MR) is 55.3 cm³/mol. The highest BCUT2D eigenvalue weighted by atomic mass is 35.5. The number of carboxylic acid groups (broad SMARTS) is 1. The van der Waals surface area contributed by atoms with Gasteiger partial charge in [-0.05, 0) is 24.1 Å². The molecule has 1 unspecified atom stereocenters. The van der Waals surface area contributed by atoms with Crippen molar-refractivity contribution >= 4 is 17.6 Å². The van der Waals surface area contributed by atoms with Crippen molar-refractivity contribution in [1.82, 2.24) is 0 Å². The van der Waals surface area contributed by atoms with Gasteiger partial charge in [0.05, 0.1) is 0 Å². The Hall–Kier alpha value is -1.06. The number of halogens is 1. The summed E-state index contributed by atoms with van der Waals surface area (Å²) in [7, 11) is 0. The number of nitrogens with two attached hydrogens (primary N) is 1. The highest BCUT2D eigenvalue weighted by Crippen LogP contribution is 2.19. The van der Waals surface area contributed by atoms with Crippen LogP contribution in [-0.4, -0.2) is 11.1 Å². The summed E-state index contributed by atoms with van der Waals surface area (Å²) in [4.78, 5) is 10.3. The fourth-order valence-electron chi connectivity index (χ4n) is 1.18. The van der Waals surface area contributed by atoms with Crippen LogP contribution in [0.3, 0.4) is 0 Å². The monoisotopic (exact) mass is 213 g/mol. The molecule has 14 heavy (non-hydrogen) atoms. The second kappa shape index (κ2) is 4.98. The van der Waals surface area contributed by atoms with E-state index in [2.05, 4.69) is 0 Å². The summed E-state index contributed by atoms with van der Waals surface area (Å²) in [5, 5.41) is 9.10. The van der Waals surface area contributed by atoms with Crippen molar-refractivity contribution in [2.45, 2.75) is 18.9 Å². The summed E-state index contributed by atoms with van der Waals surface area (Å²) >= 11 is 5.78. The summed E-state index contributed by atoms with van der Waals surface area (Å²) in [5.74, 6) is -0.831. The molecule has 0 spiro atoms. The van der Waals surface area contributed by atoms with Gasteiger partial charge in [0.1, 0.15) is 0 Å². The smallest absolute Gasteiger partial charge is 0.303 e. The van der Waals surface area contributed by atoms with Gasteiger partial charge in [-0.15, -0.1) is 0 Å². The third kappa shape index (κ3) is 3.36. The molecule has 1 rings (SSSR count). The first-order chi connectivity index (χ1) is 6.59. The van der Waals surface area contributed by atoms with Crippen LogP contribution in [0.1, 0.15) is 24.4 Å². The molecule has 3 N–H and O–H groups in total. The van der Waals surface area contributed by atoms with E-state index in [0.717, 1.165) is 5.56 Å². The van der Waals surface area contributed by atoms with Crippen LogP contribution in [0.4, 0.5) is 0 Å². The van der Waals surface area contributed by atoms with Gasteiger partial charge >= 0.3 is 5.97 Å². The van der Waals surface area contributed by atoms with E-state index < -0.39 is 5.97 Å². The Bertz CT molecular complexity index is 328. The molecule has 4 heteroatoms. The highest BCUT2D eigenvalue weighted by Gasteiger charge is 2.08. The van der Waals surface area contributed by atoms with Gasteiger partial charge in [-0.3, -0.25) is 4.79 Å². The maximum atomic E-state index is 10.3. The van der Waals surface area contributed by atoms with Gasteiger partial charge in [-0.25, -0.2) is 0 Å². The summed E-state index contributed by atoms with van der Waals surface area (Å²) in [5.41, 5.74) is 6.66. The van der Waals surface area contributed by atoms with E-state index in [1.807, 2.05) is 6.07 Å². The Kier molecular flexibility index (Phi) is 3.92. The number of hydrogen-bond donors (Lipinski definition) is 2. The molecule has 0 bridgehead atoms. The summed E-state index contributed by atoms with van der Waals surface area (Å²) in [6.07, 6.45) is 0.503. The van der Waals surface area contributed by atoms with E-state index in [-0.39, 0.29) is 12.5 Å². The number of benzene rings is 1. The summed E-state index contributed by atoms with van der Waals surface area (Å²) < 4.78 is 0. The van der Waals surface area contributed by atoms with Gasteiger partial charge in [0, 0.05) is 17.5 Å². The summed E-state index contributed by atoms with van der Waals surface area (Å²) in [6.45, 7) is 0. The van der Waals surface area contributed by atoms with Crippen LogP contribution < -0.4 is 5.73 Å². The number of rotatable bonds is 4. The van der Waals surface area contributed by atoms with E-state index in [4.69, 9.17) is 22.4 Å². The lowest BCUT2D eigenvalue weighted by molar-refractivity contribution is -0.137. The largest absolute Gasteiger partial charge is 0.481 e. The second-order valence-electron chi connectivity index (χ2n) is 3.09. The maximum absolute atomic E-state index is 10.3. The van der Waals surface area contributed by atoms with Gasteiger partial charge in [0.15, 0.2) is 0 Å². The SMILES string of the molecule is NC(CCC(=O)O)c1cccc(Cl)c1. The third-order valence-electron chi connectivity index (χ3n) is 1.95. The van der Waals surface area contributed by atoms with Crippen molar-refractivity contribution in [3.8, 4) is 0 Å². The van der Waals surface area contributed by atoms with Crippen molar-refractivity contribution in [1.29, 1.82) is 0 Å². The second-order valence-corrected chi connectivity index (χ2v) is 3.53. The fraction of sp³-hybridized carbons (Fsp3) is 0.300. The van der Waals surface area contributed by atoms with Crippen LogP contribution in [0.25, 0.3) is 0 Å². The molecule has 0 aliphatic heterocycles. The molecular weight excluding hydrogens is 202 g/mol. The molecule has 0 heterocycles. The Balaban J connectivity index is 2.60. The molecular formula is C10H12ClNO2. The molecule has 1 aromatic carbocycles. The van der Waals surface area contributed by atoms with Gasteiger partial charge < -0.3 is 10.8 Å². The lowest BCUT2D eigenvalue weighted by Crippen LogP contribution is -2.12. The number of aliphatic carboxylic acids is 1. The van der Waals surface area contributed by atoms with Gasteiger partial charge in [0.2, 0.25) is 0 Å². The average Bonchev–Trinajstić information content (AvgIpc) is 2.14. The topological polar surface area (TPSA) is 63.3 Å². The van der Waals surface area contributed by atoms with E-state index in [1.165, 1.54) is 0 Å². The van der Waals surface area contributed by atoms with Gasteiger partial charge in [0.25, 0.3) is 0 Å². The Morgan fingerprint density at radius 3 is 2.86 bits per heavy atom. The van der Waals surface area contributed by atoms with Crippen LogP contribution in [0.2, 0.25) is 5.02 Å². The zero-order valence-corrected chi connectivity index (χ0v) is 8.37. The first kappa shape index (κ1) is 11.0. The van der Waals surface area contributed by atoms with Crippen LogP contribution in [0.15, 0.2) is 24.3 Å². The molecule has 0 fully saturated rings.